The average Bonchev–Trinajstić information content (AvgIpc) is 2.68. The van der Waals surface area contributed by atoms with E-state index in [0.29, 0.717) is 47.0 Å². The largest absolute Gasteiger partial charge is 0.338 e. The van der Waals surface area contributed by atoms with E-state index in [-0.39, 0.29) is 12.1 Å². The van der Waals surface area contributed by atoms with Gasteiger partial charge in [-0.25, -0.2) is 9.59 Å². The molecule has 154 valence electrons. The molecule has 0 unspecified atom stereocenters. The number of benzene rings is 2. The molecule has 3 rings (SSSR count). The maximum Gasteiger partial charge on any atom is 0.321 e. The van der Waals surface area contributed by atoms with E-state index in [1.807, 2.05) is 11.0 Å². The lowest BCUT2D eigenvalue weighted by molar-refractivity contribution is 0.180. The van der Waals surface area contributed by atoms with Crippen molar-refractivity contribution in [1.82, 2.24) is 10.2 Å². The van der Waals surface area contributed by atoms with Crippen LogP contribution >= 0.6 is 23.2 Å². The number of carbonyl (C=O) groups excluding carboxylic acids is 2. The predicted molar refractivity (Wildman–Crippen MR) is 118 cm³/mol. The molecule has 1 saturated heterocycles. The van der Waals surface area contributed by atoms with Crippen molar-refractivity contribution < 1.29 is 9.59 Å². The van der Waals surface area contributed by atoms with E-state index in [2.05, 4.69) is 16.0 Å². The third-order valence-electron chi connectivity index (χ3n) is 4.90. The summed E-state index contributed by atoms with van der Waals surface area (Å²) in [5.74, 6) is 0.483. The number of nitrogens with zero attached hydrogens (tertiary/aromatic N) is 1. The van der Waals surface area contributed by atoms with Crippen LogP contribution < -0.4 is 16.0 Å². The first-order chi connectivity index (χ1) is 14.0. The SMILES string of the molecule is O=C(NCCC1CCN(C(=O)Nc2cccc(Cl)c2)CC1)Nc1cccc(Cl)c1. The molecule has 1 heterocycles. The van der Waals surface area contributed by atoms with Crippen molar-refractivity contribution in [2.45, 2.75) is 19.3 Å². The Bertz CT molecular complexity index is 851. The van der Waals surface area contributed by atoms with Gasteiger partial charge in [-0.15, -0.1) is 0 Å². The summed E-state index contributed by atoms with van der Waals surface area (Å²) in [7, 11) is 0. The molecule has 8 heteroatoms. The summed E-state index contributed by atoms with van der Waals surface area (Å²) in [6.07, 6.45) is 2.72. The molecule has 6 nitrogen and oxygen atoms in total. The van der Waals surface area contributed by atoms with Gasteiger partial charge >= 0.3 is 12.1 Å². The lowest BCUT2D eigenvalue weighted by Crippen LogP contribution is -2.41. The van der Waals surface area contributed by atoms with Crippen molar-refractivity contribution >= 4 is 46.6 Å². The van der Waals surface area contributed by atoms with Crippen molar-refractivity contribution in [3.05, 3.63) is 58.6 Å². The quantitative estimate of drug-likeness (QED) is 0.585. The summed E-state index contributed by atoms with van der Waals surface area (Å²) in [6, 6.07) is 13.8. The molecule has 1 aliphatic rings. The number of piperidine rings is 1. The lowest BCUT2D eigenvalue weighted by Gasteiger charge is -2.32. The van der Waals surface area contributed by atoms with E-state index in [9.17, 15) is 9.59 Å². The smallest absolute Gasteiger partial charge is 0.321 e. The molecule has 29 heavy (non-hydrogen) atoms. The first-order valence-corrected chi connectivity index (χ1v) is 10.4. The van der Waals surface area contributed by atoms with Gasteiger partial charge in [0.2, 0.25) is 0 Å². The van der Waals surface area contributed by atoms with Gasteiger partial charge in [-0.1, -0.05) is 35.3 Å². The van der Waals surface area contributed by atoms with Crippen LogP contribution in [0.3, 0.4) is 0 Å². The Hall–Kier alpha value is -2.44. The summed E-state index contributed by atoms with van der Waals surface area (Å²) in [4.78, 5) is 26.2. The fourth-order valence-electron chi connectivity index (χ4n) is 3.32. The molecular weight excluding hydrogens is 411 g/mol. The number of hydrogen-bond acceptors (Lipinski definition) is 2. The van der Waals surface area contributed by atoms with Gasteiger partial charge in [-0.05, 0) is 61.6 Å². The maximum atomic E-state index is 12.4. The zero-order chi connectivity index (χ0) is 20.6. The highest BCUT2D eigenvalue weighted by molar-refractivity contribution is 6.31. The van der Waals surface area contributed by atoms with Gasteiger partial charge in [0.25, 0.3) is 0 Å². The predicted octanol–water partition coefficient (Wildman–Crippen LogP) is 5.45. The molecule has 2 aromatic rings. The number of likely N-dealkylation sites (tertiary alicyclic amines) is 1. The molecule has 0 spiro atoms. The summed E-state index contributed by atoms with van der Waals surface area (Å²) < 4.78 is 0. The Kier molecular flexibility index (Phi) is 7.61. The Morgan fingerprint density at radius 2 is 1.52 bits per heavy atom. The number of halogens is 2. The van der Waals surface area contributed by atoms with Crippen molar-refractivity contribution in [2.24, 2.45) is 5.92 Å². The molecule has 0 radical (unpaired) electrons. The number of nitrogens with one attached hydrogen (secondary N) is 3. The van der Waals surface area contributed by atoms with Crippen LogP contribution in [-0.2, 0) is 0 Å². The van der Waals surface area contributed by atoms with Crippen LogP contribution in [0, 0.1) is 5.92 Å². The fourth-order valence-corrected chi connectivity index (χ4v) is 3.71. The molecule has 1 fully saturated rings. The monoisotopic (exact) mass is 434 g/mol. The van der Waals surface area contributed by atoms with Gasteiger partial charge in [0, 0.05) is 41.1 Å². The second-order valence-electron chi connectivity index (χ2n) is 7.05. The Morgan fingerprint density at radius 3 is 2.10 bits per heavy atom. The van der Waals surface area contributed by atoms with Crippen LogP contribution in [0.1, 0.15) is 19.3 Å². The number of urea groups is 2. The molecule has 4 amide bonds. The standard InChI is InChI=1S/C21H24Cl2N4O2/c22-16-3-1-5-18(13-16)25-20(28)24-10-7-15-8-11-27(12-9-15)21(29)26-19-6-2-4-17(23)14-19/h1-6,13-15H,7-12H2,(H,26,29)(H2,24,25,28). The van der Waals surface area contributed by atoms with Crippen LogP contribution in [0.4, 0.5) is 21.0 Å². The van der Waals surface area contributed by atoms with Crippen molar-refractivity contribution in [2.75, 3.05) is 30.3 Å². The molecule has 3 N–H and O–H groups in total. The maximum absolute atomic E-state index is 12.4. The number of amides is 4. The van der Waals surface area contributed by atoms with Gasteiger partial charge in [0.15, 0.2) is 0 Å². The molecular formula is C21H24Cl2N4O2. The van der Waals surface area contributed by atoms with Gasteiger partial charge in [-0.2, -0.15) is 0 Å². The summed E-state index contributed by atoms with van der Waals surface area (Å²) in [5.41, 5.74) is 1.36. The zero-order valence-corrected chi connectivity index (χ0v) is 17.5. The minimum Gasteiger partial charge on any atom is -0.338 e. The zero-order valence-electron chi connectivity index (χ0n) is 16.0. The first kappa shape index (κ1) is 21.3. The number of rotatable bonds is 5. The fraction of sp³-hybridized carbons (Fsp3) is 0.333. The van der Waals surface area contributed by atoms with Crippen LogP contribution in [0.25, 0.3) is 0 Å². The number of hydrogen-bond donors (Lipinski definition) is 3. The van der Waals surface area contributed by atoms with Crippen LogP contribution in [0.5, 0.6) is 0 Å². The molecule has 0 aliphatic carbocycles. The van der Waals surface area contributed by atoms with E-state index >= 15 is 0 Å². The van der Waals surface area contributed by atoms with Gasteiger partial charge < -0.3 is 20.9 Å². The van der Waals surface area contributed by atoms with Crippen molar-refractivity contribution in [1.29, 1.82) is 0 Å². The van der Waals surface area contributed by atoms with Crippen molar-refractivity contribution in [3.8, 4) is 0 Å². The molecule has 0 atom stereocenters. The molecule has 0 bridgehead atoms. The van der Waals surface area contributed by atoms with Crippen molar-refractivity contribution in [3.63, 3.8) is 0 Å². The highest BCUT2D eigenvalue weighted by atomic mass is 35.5. The van der Waals surface area contributed by atoms with E-state index in [1.165, 1.54) is 0 Å². The lowest BCUT2D eigenvalue weighted by atomic mass is 9.94. The molecule has 0 saturated carbocycles. The third-order valence-corrected chi connectivity index (χ3v) is 5.37. The van der Waals surface area contributed by atoms with E-state index in [1.54, 1.807) is 42.5 Å². The van der Waals surface area contributed by atoms with Crippen LogP contribution in [0.15, 0.2) is 48.5 Å². The van der Waals surface area contributed by atoms with Crippen LogP contribution in [0.2, 0.25) is 10.0 Å². The van der Waals surface area contributed by atoms with E-state index < -0.39 is 0 Å². The molecule has 2 aromatic carbocycles. The second-order valence-corrected chi connectivity index (χ2v) is 7.92. The number of carbonyl (C=O) groups is 2. The Morgan fingerprint density at radius 1 is 0.931 bits per heavy atom. The van der Waals surface area contributed by atoms with Gasteiger partial charge in [0.1, 0.15) is 0 Å². The van der Waals surface area contributed by atoms with E-state index in [4.69, 9.17) is 23.2 Å². The summed E-state index contributed by atoms with van der Waals surface area (Å²) in [5, 5.41) is 9.69. The minimum absolute atomic E-state index is 0.107. The summed E-state index contributed by atoms with van der Waals surface area (Å²) in [6.45, 7) is 1.99. The van der Waals surface area contributed by atoms with E-state index in [0.717, 1.165) is 19.3 Å². The Balaban J connectivity index is 1.34. The topological polar surface area (TPSA) is 73.5 Å². The summed E-state index contributed by atoms with van der Waals surface area (Å²) >= 11 is 11.9. The Labute approximate surface area is 180 Å². The van der Waals surface area contributed by atoms with Crippen LogP contribution in [-0.4, -0.2) is 36.6 Å². The normalized spacial score (nSPS) is 14.3. The molecule has 1 aliphatic heterocycles. The first-order valence-electron chi connectivity index (χ1n) is 9.61. The third kappa shape index (κ3) is 6.84. The van der Waals surface area contributed by atoms with Gasteiger partial charge in [-0.3, -0.25) is 0 Å². The average molecular weight is 435 g/mol. The van der Waals surface area contributed by atoms with Gasteiger partial charge in [0.05, 0.1) is 0 Å². The highest BCUT2D eigenvalue weighted by Gasteiger charge is 2.22. The second kappa shape index (κ2) is 10.4. The highest BCUT2D eigenvalue weighted by Crippen LogP contribution is 2.22. The molecule has 0 aromatic heterocycles. The number of anilines is 2. The minimum atomic E-state index is -0.245.